The minimum Gasteiger partial charge on any atom is -0.378 e. The Morgan fingerprint density at radius 1 is 1.36 bits per heavy atom. The van der Waals surface area contributed by atoms with Crippen molar-refractivity contribution in [3.8, 4) is 0 Å². The molecule has 0 saturated heterocycles. The number of aliphatic hydroxyl groups excluding tert-OH is 2. The van der Waals surface area contributed by atoms with Crippen molar-refractivity contribution >= 4 is 11.8 Å². The molecular formula is C7H7NO2S. The van der Waals surface area contributed by atoms with Gasteiger partial charge in [-0.15, -0.1) is 0 Å². The highest BCUT2D eigenvalue weighted by atomic mass is 32.2. The first-order valence-corrected chi connectivity index (χ1v) is 4.20. The smallest absolute Gasteiger partial charge is 0.145 e. The topological polar surface area (TPSA) is 53.4 Å². The zero-order valence-corrected chi connectivity index (χ0v) is 6.45. The molecule has 58 valence electrons. The zero-order valence-electron chi connectivity index (χ0n) is 5.64. The Morgan fingerprint density at radius 3 is 2.91 bits per heavy atom. The molecule has 11 heavy (non-hydrogen) atoms. The summed E-state index contributed by atoms with van der Waals surface area (Å²) in [7, 11) is 0. The molecule has 3 nitrogen and oxygen atoms in total. The summed E-state index contributed by atoms with van der Waals surface area (Å²) in [5.41, 5.74) is 0.0323. The van der Waals surface area contributed by atoms with Crippen LogP contribution in [0.15, 0.2) is 18.3 Å². The predicted octanol–water partition coefficient (Wildman–Crippen LogP) is 0.810. The van der Waals surface area contributed by atoms with E-state index in [0.717, 1.165) is 17.3 Å². The second-order valence-electron chi connectivity index (χ2n) is 2.32. The molecule has 0 fully saturated rings. The lowest BCUT2D eigenvalue weighted by molar-refractivity contribution is 0.263. The molecule has 1 aliphatic rings. The van der Waals surface area contributed by atoms with Crippen molar-refractivity contribution in [1.29, 1.82) is 0 Å². The van der Waals surface area contributed by atoms with Crippen LogP contribution in [-0.2, 0) is 0 Å². The summed E-state index contributed by atoms with van der Waals surface area (Å²) in [6, 6.07) is 3.52. The SMILES string of the molecule is OC1SC(O)c2ncccc21. The number of aromatic nitrogens is 1. The summed E-state index contributed by atoms with van der Waals surface area (Å²) in [4.78, 5) is 3.96. The number of nitrogens with zero attached hydrogens (tertiary/aromatic N) is 1. The van der Waals surface area contributed by atoms with Gasteiger partial charge in [0, 0.05) is 11.8 Å². The van der Waals surface area contributed by atoms with Crippen molar-refractivity contribution in [3.63, 3.8) is 0 Å². The maximum Gasteiger partial charge on any atom is 0.145 e. The number of rotatable bonds is 0. The number of thioether (sulfide) groups is 1. The molecule has 0 aliphatic carbocycles. The van der Waals surface area contributed by atoms with Gasteiger partial charge in [-0.25, -0.2) is 0 Å². The summed E-state index contributed by atoms with van der Waals surface area (Å²) in [6.07, 6.45) is 1.61. The Hall–Kier alpha value is -0.580. The molecule has 2 rings (SSSR count). The van der Waals surface area contributed by atoms with Crippen LogP contribution in [0.2, 0.25) is 0 Å². The molecule has 1 aromatic rings. The van der Waals surface area contributed by atoms with Crippen molar-refractivity contribution < 1.29 is 10.2 Å². The first-order chi connectivity index (χ1) is 5.29. The maximum atomic E-state index is 9.31. The molecule has 0 spiro atoms. The van der Waals surface area contributed by atoms with Crippen molar-refractivity contribution in [2.45, 2.75) is 10.9 Å². The number of hydrogen-bond acceptors (Lipinski definition) is 4. The summed E-state index contributed by atoms with van der Waals surface area (Å²) < 4.78 is 0. The van der Waals surface area contributed by atoms with Gasteiger partial charge in [-0.1, -0.05) is 17.8 Å². The van der Waals surface area contributed by atoms with E-state index in [1.165, 1.54) is 0 Å². The Balaban J connectivity index is 2.52. The monoisotopic (exact) mass is 169 g/mol. The van der Waals surface area contributed by atoms with Crippen LogP contribution in [0, 0.1) is 0 Å². The minimum atomic E-state index is -0.666. The predicted molar refractivity (Wildman–Crippen MR) is 41.7 cm³/mol. The second-order valence-corrected chi connectivity index (χ2v) is 3.48. The van der Waals surface area contributed by atoms with E-state index in [4.69, 9.17) is 0 Å². The standard InChI is InChI=1S/C7H7NO2S/c9-6-4-2-1-3-8-5(4)7(10)11-6/h1-3,6-7,9-10H. The molecule has 0 saturated carbocycles. The molecular weight excluding hydrogens is 162 g/mol. The second kappa shape index (κ2) is 2.48. The summed E-state index contributed by atoms with van der Waals surface area (Å²) in [6.45, 7) is 0. The van der Waals surface area contributed by atoms with Crippen LogP contribution in [0.25, 0.3) is 0 Å². The van der Waals surface area contributed by atoms with Gasteiger partial charge in [0.15, 0.2) is 0 Å². The van der Waals surface area contributed by atoms with Crippen LogP contribution in [0.5, 0.6) is 0 Å². The molecule has 2 N–H and O–H groups in total. The molecule has 0 radical (unpaired) electrons. The summed E-state index contributed by atoms with van der Waals surface area (Å²) >= 11 is 1.10. The highest BCUT2D eigenvalue weighted by molar-refractivity contribution is 7.99. The van der Waals surface area contributed by atoms with E-state index in [1.54, 1.807) is 18.3 Å². The van der Waals surface area contributed by atoms with E-state index in [-0.39, 0.29) is 0 Å². The fourth-order valence-corrected chi connectivity index (χ4v) is 2.02. The van der Waals surface area contributed by atoms with Crippen LogP contribution in [0.4, 0.5) is 0 Å². The fourth-order valence-electron chi connectivity index (χ4n) is 1.10. The highest BCUT2D eigenvalue weighted by Gasteiger charge is 2.29. The van der Waals surface area contributed by atoms with E-state index >= 15 is 0 Å². The van der Waals surface area contributed by atoms with Crippen LogP contribution >= 0.6 is 11.8 Å². The van der Waals surface area contributed by atoms with Gasteiger partial charge >= 0.3 is 0 Å². The van der Waals surface area contributed by atoms with E-state index in [9.17, 15) is 10.2 Å². The van der Waals surface area contributed by atoms with E-state index in [2.05, 4.69) is 4.98 Å². The van der Waals surface area contributed by atoms with Crippen LogP contribution in [-0.4, -0.2) is 15.2 Å². The Bertz CT molecular complexity index is 252. The van der Waals surface area contributed by atoms with E-state index in [1.807, 2.05) is 0 Å². The van der Waals surface area contributed by atoms with Crippen molar-refractivity contribution in [1.82, 2.24) is 4.98 Å². The van der Waals surface area contributed by atoms with Crippen LogP contribution < -0.4 is 0 Å². The van der Waals surface area contributed by atoms with Gasteiger partial charge in [0.25, 0.3) is 0 Å². The van der Waals surface area contributed by atoms with Gasteiger partial charge in [0.05, 0.1) is 5.69 Å². The van der Waals surface area contributed by atoms with Crippen molar-refractivity contribution in [2.24, 2.45) is 0 Å². The Morgan fingerprint density at radius 2 is 2.18 bits per heavy atom. The summed E-state index contributed by atoms with van der Waals surface area (Å²) in [5, 5.41) is 18.6. The number of aliphatic hydroxyl groups is 2. The first-order valence-electron chi connectivity index (χ1n) is 3.25. The lowest BCUT2D eigenvalue weighted by Gasteiger charge is -1.98. The average molecular weight is 169 g/mol. The highest BCUT2D eigenvalue weighted by Crippen LogP contribution is 2.45. The largest absolute Gasteiger partial charge is 0.378 e. The van der Waals surface area contributed by atoms with Gasteiger partial charge in [-0.3, -0.25) is 4.98 Å². The lowest BCUT2D eigenvalue weighted by atomic mass is 10.2. The fraction of sp³-hybridized carbons (Fsp3) is 0.286. The molecule has 0 aromatic carbocycles. The molecule has 1 aliphatic heterocycles. The lowest BCUT2D eigenvalue weighted by Crippen LogP contribution is -1.92. The third-order valence-corrected chi connectivity index (χ3v) is 2.62. The van der Waals surface area contributed by atoms with E-state index < -0.39 is 10.9 Å². The van der Waals surface area contributed by atoms with Gasteiger partial charge in [0.1, 0.15) is 10.9 Å². The van der Waals surface area contributed by atoms with Gasteiger partial charge in [0.2, 0.25) is 0 Å². The third-order valence-electron chi connectivity index (χ3n) is 1.63. The number of hydrogen-bond donors (Lipinski definition) is 2. The van der Waals surface area contributed by atoms with Gasteiger partial charge in [-0.2, -0.15) is 0 Å². The minimum absolute atomic E-state index is 0.588. The number of fused-ring (bicyclic) bond motifs is 1. The quantitative estimate of drug-likeness (QED) is 0.603. The number of pyridine rings is 1. The third kappa shape index (κ3) is 1.03. The molecule has 0 bridgehead atoms. The molecule has 2 atom stereocenters. The molecule has 2 unspecified atom stereocenters. The molecule has 0 amide bonds. The first kappa shape index (κ1) is 7.09. The Kier molecular flexibility index (Phi) is 1.60. The van der Waals surface area contributed by atoms with Crippen LogP contribution in [0.3, 0.4) is 0 Å². The van der Waals surface area contributed by atoms with Crippen molar-refractivity contribution in [2.75, 3.05) is 0 Å². The normalized spacial score (nSPS) is 28.5. The molecule has 2 heterocycles. The molecule has 1 aromatic heterocycles. The Labute approximate surface area is 68.1 Å². The zero-order chi connectivity index (χ0) is 7.84. The van der Waals surface area contributed by atoms with Gasteiger partial charge < -0.3 is 10.2 Å². The molecule has 4 heteroatoms. The van der Waals surface area contributed by atoms with Gasteiger partial charge in [-0.05, 0) is 6.07 Å². The van der Waals surface area contributed by atoms with Crippen molar-refractivity contribution in [3.05, 3.63) is 29.6 Å². The maximum absolute atomic E-state index is 9.31. The summed E-state index contributed by atoms with van der Waals surface area (Å²) in [5.74, 6) is 0. The van der Waals surface area contributed by atoms with E-state index in [0.29, 0.717) is 5.69 Å². The van der Waals surface area contributed by atoms with Crippen LogP contribution in [0.1, 0.15) is 22.1 Å². The average Bonchev–Trinajstić information content (AvgIpc) is 2.30.